The van der Waals surface area contributed by atoms with Crippen LogP contribution in [-0.4, -0.2) is 25.7 Å². The van der Waals surface area contributed by atoms with Crippen LogP contribution >= 0.6 is 0 Å². The summed E-state index contributed by atoms with van der Waals surface area (Å²) in [6, 6.07) is 6.71. The molecule has 0 radical (unpaired) electrons. The number of benzene rings is 1. The zero-order valence-electron chi connectivity index (χ0n) is 12.7. The predicted molar refractivity (Wildman–Crippen MR) is 81.3 cm³/mol. The highest BCUT2D eigenvalue weighted by Gasteiger charge is 2.57. The van der Waals surface area contributed by atoms with Gasteiger partial charge in [0, 0.05) is 12.0 Å². The molecule has 4 nitrogen and oxygen atoms in total. The summed E-state index contributed by atoms with van der Waals surface area (Å²) in [4.78, 5) is 0.296. The van der Waals surface area contributed by atoms with Crippen LogP contribution in [0.4, 0.5) is 0 Å². The molecular weight excluding hydrogens is 286 g/mol. The molecular formula is C16H23NO3S. The van der Waals surface area contributed by atoms with Crippen LogP contribution in [0.2, 0.25) is 0 Å². The molecule has 0 unspecified atom stereocenters. The minimum atomic E-state index is -3.50. The fourth-order valence-corrected chi connectivity index (χ4v) is 5.24. The Labute approximate surface area is 126 Å². The summed E-state index contributed by atoms with van der Waals surface area (Å²) in [5, 5.41) is 10.4. The average Bonchev–Trinajstić information content (AvgIpc) is 2.89. The van der Waals surface area contributed by atoms with Crippen LogP contribution in [0, 0.1) is 24.2 Å². The lowest BCUT2D eigenvalue weighted by molar-refractivity contribution is -0.00544. The van der Waals surface area contributed by atoms with Crippen molar-refractivity contribution in [3.05, 3.63) is 29.8 Å². The maximum atomic E-state index is 12.5. The molecule has 2 aliphatic carbocycles. The van der Waals surface area contributed by atoms with Gasteiger partial charge in [-0.15, -0.1) is 0 Å². The largest absolute Gasteiger partial charge is 0.392 e. The summed E-state index contributed by atoms with van der Waals surface area (Å²) in [7, 11) is -3.50. The fourth-order valence-electron chi connectivity index (χ4n) is 3.94. The smallest absolute Gasteiger partial charge is 0.240 e. The number of nitrogens with one attached hydrogen (secondary N) is 1. The van der Waals surface area contributed by atoms with Crippen molar-refractivity contribution in [3.8, 4) is 0 Å². The second kappa shape index (κ2) is 4.80. The summed E-state index contributed by atoms with van der Waals surface area (Å²) in [6.45, 7) is 6.08. The van der Waals surface area contributed by atoms with Gasteiger partial charge in [-0.05, 0) is 43.2 Å². The summed E-state index contributed by atoms with van der Waals surface area (Å²) in [5.74, 6) is 0.424. The van der Waals surface area contributed by atoms with E-state index in [1.165, 1.54) is 0 Å². The van der Waals surface area contributed by atoms with Crippen LogP contribution in [0.3, 0.4) is 0 Å². The van der Waals surface area contributed by atoms with E-state index in [0.717, 1.165) is 18.4 Å². The van der Waals surface area contributed by atoms with Crippen LogP contribution < -0.4 is 4.72 Å². The number of sulfonamides is 1. The van der Waals surface area contributed by atoms with Crippen molar-refractivity contribution in [2.24, 2.45) is 17.3 Å². The zero-order chi connectivity index (χ0) is 15.4. The molecule has 21 heavy (non-hydrogen) atoms. The van der Waals surface area contributed by atoms with Gasteiger partial charge in [-0.3, -0.25) is 0 Å². The van der Waals surface area contributed by atoms with Gasteiger partial charge in [-0.1, -0.05) is 31.5 Å². The molecule has 3 rings (SSSR count). The molecule has 0 aliphatic heterocycles. The molecule has 5 heteroatoms. The van der Waals surface area contributed by atoms with Crippen molar-refractivity contribution in [2.75, 3.05) is 0 Å². The fraction of sp³-hybridized carbons (Fsp3) is 0.625. The lowest BCUT2D eigenvalue weighted by atomic mass is 9.73. The standard InChI is InChI=1S/C16H23NO3S/c1-10-4-6-12(7-5-10)21(19,20)17-14-9-11-8-13(14)15(18)16(11,2)3/h4-7,11,13-15,17-18H,8-9H2,1-3H3/t11-,13+,14+,15-/m1/s1. The van der Waals surface area contributed by atoms with Gasteiger partial charge >= 0.3 is 0 Å². The van der Waals surface area contributed by atoms with E-state index >= 15 is 0 Å². The van der Waals surface area contributed by atoms with Gasteiger partial charge in [0.2, 0.25) is 10.0 Å². The summed E-state index contributed by atoms with van der Waals surface area (Å²) < 4.78 is 27.7. The van der Waals surface area contributed by atoms with Gasteiger partial charge in [0.25, 0.3) is 0 Å². The van der Waals surface area contributed by atoms with Gasteiger partial charge in [0.15, 0.2) is 0 Å². The lowest BCUT2D eigenvalue weighted by Gasteiger charge is -2.38. The van der Waals surface area contributed by atoms with Crippen LogP contribution in [0.5, 0.6) is 0 Å². The molecule has 0 amide bonds. The summed E-state index contributed by atoms with van der Waals surface area (Å²) >= 11 is 0. The third kappa shape index (κ3) is 2.41. The van der Waals surface area contributed by atoms with E-state index < -0.39 is 16.1 Å². The number of rotatable bonds is 3. The monoisotopic (exact) mass is 309 g/mol. The molecule has 0 spiro atoms. The number of hydrogen-bond acceptors (Lipinski definition) is 3. The first-order valence-electron chi connectivity index (χ1n) is 7.49. The number of aliphatic hydroxyl groups is 1. The minimum Gasteiger partial charge on any atom is -0.392 e. The molecule has 0 saturated heterocycles. The van der Waals surface area contributed by atoms with Gasteiger partial charge in [-0.2, -0.15) is 0 Å². The van der Waals surface area contributed by atoms with Crippen LogP contribution in [0.1, 0.15) is 32.3 Å². The number of aryl methyl sites for hydroxylation is 1. The Morgan fingerprint density at radius 2 is 1.81 bits per heavy atom. The van der Waals surface area contributed by atoms with Crippen LogP contribution in [0.15, 0.2) is 29.2 Å². The topological polar surface area (TPSA) is 66.4 Å². The normalized spacial score (nSPS) is 34.3. The molecule has 116 valence electrons. The molecule has 4 atom stereocenters. The molecule has 0 aromatic heterocycles. The van der Waals surface area contributed by atoms with Gasteiger partial charge < -0.3 is 5.11 Å². The van der Waals surface area contributed by atoms with E-state index in [2.05, 4.69) is 18.6 Å². The van der Waals surface area contributed by atoms with Crippen molar-refractivity contribution in [1.82, 2.24) is 4.72 Å². The molecule has 2 aliphatic rings. The highest BCUT2D eigenvalue weighted by molar-refractivity contribution is 7.89. The molecule has 2 fully saturated rings. The highest BCUT2D eigenvalue weighted by Crippen LogP contribution is 2.55. The van der Waals surface area contributed by atoms with E-state index in [0.29, 0.717) is 10.8 Å². The van der Waals surface area contributed by atoms with Crippen molar-refractivity contribution in [2.45, 2.75) is 50.7 Å². The Morgan fingerprint density at radius 1 is 1.19 bits per heavy atom. The molecule has 2 N–H and O–H groups in total. The quantitative estimate of drug-likeness (QED) is 0.898. The summed E-state index contributed by atoms with van der Waals surface area (Å²) in [5.41, 5.74) is 0.933. The summed E-state index contributed by atoms with van der Waals surface area (Å²) in [6.07, 6.45) is 1.30. The third-order valence-corrected chi connectivity index (χ3v) is 6.98. The Bertz CT molecular complexity index is 632. The zero-order valence-corrected chi connectivity index (χ0v) is 13.5. The Hall–Kier alpha value is -0.910. The molecule has 0 heterocycles. The first-order valence-corrected chi connectivity index (χ1v) is 8.97. The second-order valence-corrected chi connectivity index (χ2v) is 8.85. The average molecular weight is 309 g/mol. The molecule has 2 bridgehead atoms. The van der Waals surface area contributed by atoms with Gasteiger partial charge in [-0.25, -0.2) is 13.1 Å². The highest BCUT2D eigenvalue weighted by atomic mass is 32.2. The van der Waals surface area contributed by atoms with Crippen molar-refractivity contribution >= 4 is 10.0 Å². The number of hydrogen-bond donors (Lipinski definition) is 2. The minimum absolute atomic E-state index is 0.0326. The first-order chi connectivity index (χ1) is 9.72. The number of aliphatic hydroxyl groups excluding tert-OH is 1. The van der Waals surface area contributed by atoms with E-state index in [1.807, 2.05) is 6.92 Å². The van der Waals surface area contributed by atoms with Gasteiger partial charge in [0.1, 0.15) is 0 Å². The Balaban J connectivity index is 1.78. The first kappa shape index (κ1) is 15.0. The van der Waals surface area contributed by atoms with Crippen molar-refractivity contribution in [1.29, 1.82) is 0 Å². The van der Waals surface area contributed by atoms with Crippen molar-refractivity contribution in [3.63, 3.8) is 0 Å². The van der Waals surface area contributed by atoms with Crippen LogP contribution in [-0.2, 0) is 10.0 Å². The third-order valence-electron chi connectivity index (χ3n) is 5.47. The maximum Gasteiger partial charge on any atom is 0.240 e. The van der Waals surface area contributed by atoms with Crippen LogP contribution in [0.25, 0.3) is 0 Å². The molecule has 1 aromatic carbocycles. The van der Waals surface area contributed by atoms with E-state index in [1.54, 1.807) is 24.3 Å². The van der Waals surface area contributed by atoms with Gasteiger partial charge in [0.05, 0.1) is 11.0 Å². The van der Waals surface area contributed by atoms with E-state index in [4.69, 9.17) is 0 Å². The van der Waals surface area contributed by atoms with E-state index in [9.17, 15) is 13.5 Å². The Morgan fingerprint density at radius 3 is 2.33 bits per heavy atom. The SMILES string of the molecule is Cc1ccc(S(=O)(=O)N[C@H]2C[C@H]3C[C@@H]2[C@@H](O)C3(C)C)cc1. The maximum absolute atomic E-state index is 12.5. The lowest BCUT2D eigenvalue weighted by Crippen LogP contribution is -2.48. The Kier molecular flexibility index (Phi) is 3.43. The number of fused-ring (bicyclic) bond motifs is 2. The predicted octanol–water partition coefficient (Wildman–Crippen LogP) is 2.07. The van der Waals surface area contributed by atoms with E-state index in [-0.39, 0.29) is 17.4 Å². The molecule has 2 saturated carbocycles. The molecule has 1 aromatic rings. The van der Waals surface area contributed by atoms with Crippen molar-refractivity contribution < 1.29 is 13.5 Å². The second-order valence-electron chi connectivity index (χ2n) is 7.14.